The van der Waals surface area contributed by atoms with Gasteiger partial charge in [-0.2, -0.15) is 0 Å². The molecule has 0 nitrogen and oxygen atoms in total. The lowest BCUT2D eigenvalue weighted by Gasteiger charge is -2.52. The van der Waals surface area contributed by atoms with Crippen LogP contribution in [0.4, 0.5) is 0 Å². The molecule has 0 aliphatic heterocycles. The standard InChI is InChI=1S/C62H78/c1-7-9-11-15-36-62(37-16-12-10-8-2,51-25-18-22-48(41-51)54-34-31-47-30-29-45-20-17-21-46-32-35-56(54)60(47)59(45)46)52-26-19-23-49(42-52)57-38-43(3)53-33-28-44-39-50(61(4,5)6)24-13-14-27-55(57)58(53)40-44/h13-14,21,24,27-35,38-40,48-49,51-52H,7-12,15-20,22-23,25-26,36-37,41-42H2,1-6H3/t48-,49?,51+,52-/m0/s1. The summed E-state index contributed by atoms with van der Waals surface area (Å²) in [6, 6.07) is 36.8. The second-order valence-corrected chi connectivity index (χ2v) is 21.8. The second kappa shape index (κ2) is 18.7. The molecule has 2 saturated carbocycles. The van der Waals surface area contributed by atoms with E-state index < -0.39 is 0 Å². The van der Waals surface area contributed by atoms with E-state index in [0.29, 0.717) is 17.3 Å². The molecule has 2 fully saturated rings. The Kier molecular flexibility index (Phi) is 13.1. The van der Waals surface area contributed by atoms with Gasteiger partial charge in [-0.3, -0.25) is 0 Å². The highest BCUT2D eigenvalue weighted by Crippen LogP contribution is 2.59. The van der Waals surface area contributed by atoms with Crippen molar-refractivity contribution in [1.29, 1.82) is 0 Å². The summed E-state index contributed by atoms with van der Waals surface area (Å²) in [5.74, 6) is 2.86. The smallest absolute Gasteiger partial charge is 0.00273 e. The Bertz CT molecular complexity index is 2580. The van der Waals surface area contributed by atoms with Gasteiger partial charge in [0, 0.05) is 0 Å². The summed E-state index contributed by atoms with van der Waals surface area (Å²) in [6.45, 7) is 14.2. The molecule has 326 valence electrons. The molecule has 0 heterocycles. The Labute approximate surface area is 376 Å². The summed E-state index contributed by atoms with van der Waals surface area (Å²) >= 11 is 0. The molecule has 0 aromatic heterocycles. The quantitative estimate of drug-likeness (QED) is 0.0960. The molecule has 0 spiro atoms. The number of fused-ring (bicyclic) bond motifs is 1. The van der Waals surface area contributed by atoms with E-state index in [2.05, 4.69) is 139 Å². The average Bonchev–Trinajstić information content (AvgIpc) is 3.29. The molecule has 0 N–H and O–H groups in total. The van der Waals surface area contributed by atoms with Crippen LogP contribution in [0.15, 0.2) is 91.0 Å². The molecule has 0 radical (unpaired) electrons. The first-order chi connectivity index (χ1) is 30.2. The van der Waals surface area contributed by atoms with Gasteiger partial charge in [-0.1, -0.05) is 190 Å². The van der Waals surface area contributed by atoms with Gasteiger partial charge in [0.1, 0.15) is 0 Å². The van der Waals surface area contributed by atoms with Crippen molar-refractivity contribution in [1.82, 2.24) is 0 Å². The molecule has 3 aliphatic carbocycles. The molecule has 0 amide bonds. The number of aryl methyl sites for hydroxylation is 2. The Balaban J connectivity index is 1.11. The first kappa shape index (κ1) is 43.4. The molecule has 0 heteroatoms. The highest BCUT2D eigenvalue weighted by atomic mass is 14.5. The van der Waals surface area contributed by atoms with Gasteiger partial charge in [0.05, 0.1) is 0 Å². The third-order valence-corrected chi connectivity index (χ3v) is 17.0. The largest absolute Gasteiger partial charge is 0.0763 e. The Hall–Kier alpha value is -3.90. The van der Waals surface area contributed by atoms with Crippen LogP contribution in [0.5, 0.6) is 0 Å². The SMILES string of the molecule is CCCCCCC(CCCCCC)([C@@H]1CCC[C@H](c2ccc3ccc4c5c(ccc2c35)=CCC4)C1)[C@H]1CCCC(c2cc(C)c3ccc4cc(C(C)(C)C)ccccc2c3c4)C1. The maximum absolute atomic E-state index is 2.64. The Morgan fingerprint density at radius 2 is 1.24 bits per heavy atom. The van der Waals surface area contributed by atoms with Gasteiger partial charge < -0.3 is 0 Å². The van der Waals surface area contributed by atoms with Crippen LogP contribution in [-0.2, 0) is 11.8 Å². The number of benzene rings is 5. The van der Waals surface area contributed by atoms with Crippen LogP contribution in [-0.4, -0.2) is 0 Å². The average molecular weight is 823 g/mol. The van der Waals surface area contributed by atoms with Crippen LogP contribution in [0.25, 0.3) is 49.2 Å². The summed E-state index contributed by atoms with van der Waals surface area (Å²) in [6.07, 6.45) is 29.8. The fraction of sp³-hybridized carbons (Fsp3) is 0.516. The molecule has 0 saturated heterocycles. The van der Waals surface area contributed by atoms with Gasteiger partial charge in [0.25, 0.3) is 0 Å². The van der Waals surface area contributed by atoms with Crippen molar-refractivity contribution in [2.24, 2.45) is 17.3 Å². The minimum atomic E-state index is 0.0955. The van der Waals surface area contributed by atoms with Gasteiger partial charge >= 0.3 is 0 Å². The van der Waals surface area contributed by atoms with E-state index in [1.807, 2.05) is 0 Å². The molecule has 6 aromatic rings. The number of hydrogen-bond donors (Lipinski definition) is 0. The molecule has 9 rings (SSSR count). The first-order valence-electron chi connectivity index (χ1n) is 25.8. The molecule has 62 heavy (non-hydrogen) atoms. The third-order valence-electron chi connectivity index (χ3n) is 17.0. The molecule has 4 atom stereocenters. The van der Waals surface area contributed by atoms with Crippen molar-refractivity contribution in [2.45, 2.75) is 187 Å². The maximum atomic E-state index is 2.64. The lowest BCUT2D eigenvalue weighted by molar-refractivity contribution is -0.00741. The van der Waals surface area contributed by atoms with Gasteiger partial charge in [0.15, 0.2) is 0 Å². The van der Waals surface area contributed by atoms with E-state index in [9.17, 15) is 0 Å². The lowest BCUT2D eigenvalue weighted by atomic mass is 9.52. The van der Waals surface area contributed by atoms with Crippen molar-refractivity contribution in [2.75, 3.05) is 0 Å². The highest BCUT2D eigenvalue weighted by molar-refractivity contribution is 6.13. The van der Waals surface area contributed by atoms with Gasteiger partial charge in [-0.05, 0) is 188 Å². The predicted octanol–water partition coefficient (Wildman–Crippen LogP) is 18.1. The Morgan fingerprint density at radius 1 is 0.565 bits per heavy atom. The van der Waals surface area contributed by atoms with Crippen LogP contribution in [0, 0.1) is 24.2 Å². The summed E-state index contributed by atoms with van der Waals surface area (Å²) in [5.41, 5.74) is 8.21. The zero-order chi connectivity index (χ0) is 42.8. The monoisotopic (exact) mass is 823 g/mol. The normalized spacial score (nSPS) is 20.9. The van der Waals surface area contributed by atoms with Crippen molar-refractivity contribution >= 4 is 49.2 Å². The minimum absolute atomic E-state index is 0.0955. The van der Waals surface area contributed by atoms with E-state index in [0.717, 1.165) is 11.8 Å². The number of rotatable bonds is 14. The van der Waals surface area contributed by atoms with Crippen LogP contribution >= 0.6 is 0 Å². The van der Waals surface area contributed by atoms with Crippen molar-refractivity contribution in [3.05, 3.63) is 124 Å². The zero-order valence-electron chi connectivity index (χ0n) is 39.7. The topological polar surface area (TPSA) is 0 Å². The summed E-state index contributed by atoms with van der Waals surface area (Å²) < 4.78 is 0. The van der Waals surface area contributed by atoms with Gasteiger partial charge in [-0.25, -0.2) is 0 Å². The molecular weight excluding hydrogens is 745 g/mol. The highest BCUT2D eigenvalue weighted by Gasteiger charge is 2.47. The van der Waals surface area contributed by atoms with E-state index >= 15 is 0 Å². The molecule has 3 aliphatic rings. The molecule has 1 unspecified atom stereocenters. The molecular formula is C62H78. The van der Waals surface area contributed by atoms with Crippen molar-refractivity contribution in [3.63, 3.8) is 0 Å². The molecule has 6 aromatic carbocycles. The van der Waals surface area contributed by atoms with Crippen molar-refractivity contribution in [3.8, 4) is 0 Å². The van der Waals surface area contributed by atoms with Crippen LogP contribution in [0.2, 0.25) is 0 Å². The number of hydrogen-bond acceptors (Lipinski definition) is 0. The number of unbranched alkanes of at least 4 members (excludes halogenated alkanes) is 6. The van der Waals surface area contributed by atoms with E-state index in [1.54, 1.807) is 32.8 Å². The van der Waals surface area contributed by atoms with Crippen LogP contribution in [0.3, 0.4) is 0 Å². The predicted molar refractivity (Wildman–Crippen MR) is 273 cm³/mol. The first-order valence-corrected chi connectivity index (χ1v) is 25.8. The van der Waals surface area contributed by atoms with Crippen molar-refractivity contribution < 1.29 is 0 Å². The van der Waals surface area contributed by atoms with E-state index in [4.69, 9.17) is 0 Å². The zero-order valence-corrected chi connectivity index (χ0v) is 39.7. The summed E-state index contributed by atoms with van der Waals surface area (Å²) in [7, 11) is 0. The van der Waals surface area contributed by atoms with E-state index in [1.165, 1.54) is 172 Å². The summed E-state index contributed by atoms with van der Waals surface area (Å²) in [5, 5.41) is 13.3. The molecule has 2 bridgehead atoms. The van der Waals surface area contributed by atoms with E-state index in [-0.39, 0.29) is 5.41 Å². The van der Waals surface area contributed by atoms with Crippen LogP contribution in [0.1, 0.15) is 196 Å². The fourth-order valence-electron chi connectivity index (χ4n) is 13.7. The van der Waals surface area contributed by atoms with Gasteiger partial charge in [-0.15, -0.1) is 0 Å². The minimum Gasteiger partial charge on any atom is -0.0763 e. The second-order valence-electron chi connectivity index (χ2n) is 21.8. The van der Waals surface area contributed by atoms with Crippen LogP contribution < -0.4 is 5.22 Å². The Morgan fingerprint density at radius 3 is 1.95 bits per heavy atom. The summed E-state index contributed by atoms with van der Waals surface area (Å²) in [4.78, 5) is 0. The third kappa shape index (κ3) is 8.55. The lowest BCUT2D eigenvalue weighted by Crippen LogP contribution is -2.42. The van der Waals surface area contributed by atoms with Gasteiger partial charge in [0.2, 0.25) is 0 Å². The fourth-order valence-corrected chi connectivity index (χ4v) is 13.7. The maximum Gasteiger partial charge on any atom is -0.00273 e.